The highest BCUT2D eigenvalue weighted by Gasteiger charge is 2.10. The number of aromatic nitrogens is 1. The first-order valence-corrected chi connectivity index (χ1v) is 7.04. The minimum atomic E-state index is -0.139. The van der Waals surface area contributed by atoms with E-state index in [2.05, 4.69) is 10.3 Å². The van der Waals surface area contributed by atoms with Crippen molar-refractivity contribution in [2.24, 2.45) is 0 Å². The average Bonchev–Trinajstić information content (AvgIpc) is 2.41. The lowest BCUT2D eigenvalue weighted by atomic mass is 10.1. The Bertz CT molecular complexity index is 608. The van der Waals surface area contributed by atoms with E-state index >= 15 is 0 Å². The van der Waals surface area contributed by atoms with Crippen LogP contribution in [0.5, 0.6) is 0 Å². The molecule has 0 aliphatic heterocycles. The summed E-state index contributed by atoms with van der Waals surface area (Å²) in [5.41, 5.74) is 4.17. The number of aryl methyl sites for hydroxylation is 3. The number of nitrogens with one attached hydrogen (secondary N) is 1. The van der Waals surface area contributed by atoms with Gasteiger partial charge in [-0.15, -0.1) is 11.6 Å². The van der Waals surface area contributed by atoms with E-state index in [1.165, 1.54) is 0 Å². The Morgan fingerprint density at radius 2 is 1.85 bits per heavy atom. The van der Waals surface area contributed by atoms with E-state index in [9.17, 15) is 4.79 Å². The number of alkyl halides is 1. The molecule has 1 heterocycles. The molecule has 0 saturated carbocycles. The van der Waals surface area contributed by atoms with Gasteiger partial charge in [0, 0.05) is 17.3 Å². The van der Waals surface area contributed by atoms with Gasteiger partial charge in [0.15, 0.2) is 0 Å². The molecule has 1 aromatic carbocycles. The fourth-order valence-electron chi connectivity index (χ4n) is 1.99. The van der Waals surface area contributed by atoms with Gasteiger partial charge in [-0.05, 0) is 50.1 Å². The summed E-state index contributed by atoms with van der Waals surface area (Å²) in [5, 5.41) is 2.88. The largest absolute Gasteiger partial charge is 0.322 e. The number of carbonyl (C=O) groups excluding carboxylic acids is 1. The van der Waals surface area contributed by atoms with E-state index in [1.807, 2.05) is 44.2 Å². The second-order valence-corrected chi connectivity index (χ2v) is 5.05. The minimum Gasteiger partial charge on any atom is -0.322 e. The quantitative estimate of drug-likeness (QED) is 0.871. The molecule has 0 spiro atoms. The summed E-state index contributed by atoms with van der Waals surface area (Å²) in [6.45, 7) is 3.75. The lowest BCUT2D eigenvalue weighted by Crippen LogP contribution is -2.14. The van der Waals surface area contributed by atoms with Crippen LogP contribution in [0.15, 0.2) is 36.4 Å². The van der Waals surface area contributed by atoms with Crippen LogP contribution >= 0.6 is 11.6 Å². The zero-order chi connectivity index (χ0) is 14.5. The van der Waals surface area contributed by atoms with Gasteiger partial charge in [-0.1, -0.05) is 12.1 Å². The predicted molar refractivity (Wildman–Crippen MR) is 82.5 cm³/mol. The van der Waals surface area contributed by atoms with E-state index in [-0.39, 0.29) is 5.91 Å². The maximum absolute atomic E-state index is 12.2. The third-order valence-electron chi connectivity index (χ3n) is 3.06. The molecule has 3 nitrogen and oxygen atoms in total. The van der Waals surface area contributed by atoms with Crippen LogP contribution < -0.4 is 5.32 Å². The molecule has 1 N–H and O–H groups in total. The topological polar surface area (TPSA) is 42.0 Å². The summed E-state index contributed by atoms with van der Waals surface area (Å²) in [6, 6.07) is 11.4. The molecule has 0 aliphatic rings. The zero-order valence-electron chi connectivity index (χ0n) is 11.6. The van der Waals surface area contributed by atoms with Crippen LogP contribution in [0.4, 0.5) is 5.69 Å². The number of hydrogen-bond acceptors (Lipinski definition) is 2. The van der Waals surface area contributed by atoms with Crippen molar-refractivity contribution >= 4 is 23.2 Å². The predicted octanol–water partition coefficient (Wildman–Crippen LogP) is 3.73. The average molecular weight is 289 g/mol. The molecule has 20 heavy (non-hydrogen) atoms. The maximum atomic E-state index is 12.2. The molecule has 0 fully saturated rings. The molecule has 2 aromatic rings. The SMILES string of the molecule is Cc1ccc(C(=O)Nc2ccc(CCCl)cc2)c(C)n1. The Balaban J connectivity index is 2.11. The summed E-state index contributed by atoms with van der Waals surface area (Å²) in [4.78, 5) is 16.5. The molecule has 1 aromatic heterocycles. The minimum absolute atomic E-state index is 0.139. The van der Waals surface area contributed by atoms with Crippen molar-refractivity contribution < 1.29 is 4.79 Å². The Morgan fingerprint density at radius 3 is 2.45 bits per heavy atom. The number of halogens is 1. The molecule has 1 amide bonds. The van der Waals surface area contributed by atoms with Crippen molar-refractivity contribution in [2.45, 2.75) is 20.3 Å². The van der Waals surface area contributed by atoms with E-state index in [4.69, 9.17) is 11.6 Å². The fourth-order valence-corrected chi connectivity index (χ4v) is 2.21. The first-order valence-electron chi connectivity index (χ1n) is 6.50. The number of pyridine rings is 1. The van der Waals surface area contributed by atoms with Crippen molar-refractivity contribution in [3.05, 3.63) is 58.9 Å². The smallest absolute Gasteiger partial charge is 0.257 e. The highest BCUT2D eigenvalue weighted by Crippen LogP contribution is 2.13. The molecule has 0 atom stereocenters. The third-order valence-corrected chi connectivity index (χ3v) is 3.25. The van der Waals surface area contributed by atoms with Gasteiger partial charge >= 0.3 is 0 Å². The summed E-state index contributed by atoms with van der Waals surface area (Å²) in [6.07, 6.45) is 0.830. The molecule has 2 rings (SSSR count). The van der Waals surface area contributed by atoms with Gasteiger partial charge in [0.05, 0.1) is 11.3 Å². The number of benzene rings is 1. The second kappa shape index (κ2) is 6.53. The Morgan fingerprint density at radius 1 is 1.15 bits per heavy atom. The van der Waals surface area contributed by atoms with Gasteiger partial charge in [-0.2, -0.15) is 0 Å². The standard InChI is InChI=1S/C16H17ClN2O/c1-11-3-8-15(12(2)18-11)16(20)19-14-6-4-13(5-7-14)9-10-17/h3-8H,9-10H2,1-2H3,(H,19,20). The van der Waals surface area contributed by atoms with Gasteiger partial charge < -0.3 is 5.32 Å². The Hall–Kier alpha value is -1.87. The van der Waals surface area contributed by atoms with Gasteiger partial charge in [0.25, 0.3) is 5.91 Å². The summed E-state index contributed by atoms with van der Waals surface area (Å²) >= 11 is 5.69. The fraction of sp³-hybridized carbons (Fsp3) is 0.250. The van der Waals surface area contributed by atoms with E-state index < -0.39 is 0 Å². The highest BCUT2D eigenvalue weighted by atomic mass is 35.5. The van der Waals surface area contributed by atoms with Gasteiger partial charge in [-0.25, -0.2) is 0 Å². The molecule has 104 valence electrons. The van der Waals surface area contributed by atoms with E-state index in [1.54, 1.807) is 6.07 Å². The first-order chi connectivity index (χ1) is 9.60. The lowest BCUT2D eigenvalue weighted by molar-refractivity contribution is 0.102. The number of anilines is 1. The van der Waals surface area contributed by atoms with Crippen molar-refractivity contribution in [2.75, 3.05) is 11.2 Å². The van der Waals surface area contributed by atoms with Gasteiger partial charge in [-0.3, -0.25) is 9.78 Å². The van der Waals surface area contributed by atoms with Crippen molar-refractivity contribution in [1.29, 1.82) is 0 Å². The lowest BCUT2D eigenvalue weighted by Gasteiger charge is -2.08. The number of carbonyl (C=O) groups is 1. The highest BCUT2D eigenvalue weighted by molar-refractivity contribution is 6.18. The van der Waals surface area contributed by atoms with E-state index in [0.717, 1.165) is 29.1 Å². The molecule has 0 bridgehead atoms. The molecule has 0 aliphatic carbocycles. The number of nitrogens with zero attached hydrogens (tertiary/aromatic N) is 1. The van der Waals surface area contributed by atoms with Crippen LogP contribution in [0.25, 0.3) is 0 Å². The van der Waals surface area contributed by atoms with Crippen LogP contribution in [-0.4, -0.2) is 16.8 Å². The zero-order valence-corrected chi connectivity index (χ0v) is 12.4. The van der Waals surface area contributed by atoms with Crippen LogP contribution in [0.1, 0.15) is 27.3 Å². The Kier molecular flexibility index (Phi) is 4.74. The van der Waals surface area contributed by atoms with Crippen LogP contribution in [0.2, 0.25) is 0 Å². The van der Waals surface area contributed by atoms with Crippen molar-refractivity contribution in [1.82, 2.24) is 4.98 Å². The van der Waals surface area contributed by atoms with Crippen molar-refractivity contribution in [3.8, 4) is 0 Å². The van der Waals surface area contributed by atoms with E-state index in [0.29, 0.717) is 11.4 Å². The summed E-state index contributed by atoms with van der Waals surface area (Å²) in [5.74, 6) is 0.458. The number of hydrogen-bond donors (Lipinski definition) is 1. The molecule has 0 saturated heterocycles. The normalized spacial score (nSPS) is 10.3. The number of amides is 1. The molecular weight excluding hydrogens is 272 g/mol. The monoisotopic (exact) mass is 288 g/mol. The summed E-state index contributed by atoms with van der Waals surface area (Å²) < 4.78 is 0. The first kappa shape index (κ1) is 14.5. The van der Waals surface area contributed by atoms with Crippen molar-refractivity contribution in [3.63, 3.8) is 0 Å². The van der Waals surface area contributed by atoms with Gasteiger partial charge in [0.2, 0.25) is 0 Å². The molecule has 4 heteroatoms. The van der Waals surface area contributed by atoms with Crippen LogP contribution in [0.3, 0.4) is 0 Å². The second-order valence-electron chi connectivity index (χ2n) is 4.68. The maximum Gasteiger partial charge on any atom is 0.257 e. The van der Waals surface area contributed by atoms with Crippen LogP contribution in [-0.2, 0) is 6.42 Å². The molecular formula is C16H17ClN2O. The summed E-state index contributed by atoms with van der Waals surface area (Å²) in [7, 11) is 0. The molecule has 0 unspecified atom stereocenters. The van der Waals surface area contributed by atoms with Gasteiger partial charge in [0.1, 0.15) is 0 Å². The number of rotatable bonds is 4. The molecule has 0 radical (unpaired) electrons. The van der Waals surface area contributed by atoms with Crippen LogP contribution in [0, 0.1) is 13.8 Å². The Labute approximate surface area is 124 Å². The third kappa shape index (κ3) is 3.58.